The molecule has 1 aromatic carbocycles. The molecule has 0 aliphatic carbocycles. The maximum absolute atomic E-state index is 13.4. The van der Waals surface area contributed by atoms with Crippen molar-refractivity contribution in [3.05, 3.63) is 47.0 Å². The van der Waals surface area contributed by atoms with E-state index in [1.807, 2.05) is 13.1 Å². The number of nitrogens with one attached hydrogen (secondary N) is 1. The number of piperidine rings is 1. The first-order chi connectivity index (χ1) is 12.3. The van der Waals surface area contributed by atoms with Crippen LogP contribution >= 0.6 is 0 Å². The van der Waals surface area contributed by atoms with Crippen molar-refractivity contribution in [3.8, 4) is 0 Å². The predicted octanol–water partition coefficient (Wildman–Crippen LogP) is 2.16. The van der Waals surface area contributed by atoms with Crippen molar-refractivity contribution in [2.45, 2.75) is 37.1 Å². The molecule has 1 aliphatic rings. The molecule has 3 rings (SSSR count). The molecule has 26 heavy (non-hydrogen) atoms. The summed E-state index contributed by atoms with van der Waals surface area (Å²) in [6, 6.07) is 5.86. The highest BCUT2D eigenvalue weighted by Gasteiger charge is 2.24. The normalized spacial score (nSPS) is 16.3. The minimum atomic E-state index is -3.69. The van der Waals surface area contributed by atoms with Crippen molar-refractivity contribution in [3.63, 3.8) is 0 Å². The monoisotopic (exact) mass is 380 g/mol. The molecule has 6 nitrogen and oxygen atoms in total. The van der Waals surface area contributed by atoms with Crippen molar-refractivity contribution in [2.75, 3.05) is 20.1 Å². The minimum absolute atomic E-state index is 0.0969. The zero-order chi connectivity index (χ0) is 18.9. The first-order valence-corrected chi connectivity index (χ1v) is 10.2. The number of hydrogen-bond donors (Lipinski definition) is 1. The molecule has 0 spiro atoms. The molecule has 0 unspecified atom stereocenters. The molecule has 0 amide bonds. The molecule has 1 fully saturated rings. The van der Waals surface area contributed by atoms with Gasteiger partial charge in [0.05, 0.1) is 22.8 Å². The summed E-state index contributed by atoms with van der Waals surface area (Å²) in [7, 11) is -0.325. The van der Waals surface area contributed by atoms with Crippen LogP contribution in [0.3, 0.4) is 0 Å². The molecule has 0 atom stereocenters. The lowest BCUT2D eigenvalue weighted by Gasteiger charge is -2.20. The van der Waals surface area contributed by atoms with Gasteiger partial charge in [0.15, 0.2) is 0 Å². The Morgan fingerprint density at radius 3 is 2.65 bits per heavy atom. The van der Waals surface area contributed by atoms with Crippen LogP contribution in [0.5, 0.6) is 0 Å². The van der Waals surface area contributed by atoms with Crippen LogP contribution in [0.25, 0.3) is 0 Å². The Hall–Kier alpha value is -1.77. The maximum Gasteiger partial charge on any atom is 0.243 e. The molecule has 0 radical (unpaired) electrons. The van der Waals surface area contributed by atoms with E-state index in [1.165, 1.54) is 29.6 Å². The van der Waals surface area contributed by atoms with E-state index >= 15 is 0 Å². The molecular weight excluding hydrogens is 355 g/mol. The molecule has 0 saturated carbocycles. The molecule has 1 aliphatic heterocycles. The van der Waals surface area contributed by atoms with Gasteiger partial charge in [-0.15, -0.1) is 0 Å². The van der Waals surface area contributed by atoms with Crippen molar-refractivity contribution in [1.29, 1.82) is 0 Å². The lowest BCUT2D eigenvalue weighted by molar-refractivity contribution is 0.446. The first-order valence-electron chi connectivity index (χ1n) is 8.75. The van der Waals surface area contributed by atoms with E-state index in [0.29, 0.717) is 11.5 Å². The topological polar surface area (TPSA) is 67.2 Å². The van der Waals surface area contributed by atoms with Crippen molar-refractivity contribution < 1.29 is 12.8 Å². The number of sulfonamides is 1. The van der Waals surface area contributed by atoms with Gasteiger partial charge < -0.3 is 5.32 Å². The van der Waals surface area contributed by atoms with Gasteiger partial charge in [-0.05, 0) is 62.7 Å². The molecular formula is C18H25FN4O2S. The summed E-state index contributed by atoms with van der Waals surface area (Å²) in [6.45, 7) is 3.73. The second kappa shape index (κ2) is 7.46. The van der Waals surface area contributed by atoms with Gasteiger partial charge in [0.25, 0.3) is 0 Å². The highest BCUT2D eigenvalue weighted by Crippen LogP contribution is 2.26. The number of nitrogens with zero attached hydrogens (tertiary/aromatic N) is 3. The second-order valence-electron chi connectivity index (χ2n) is 6.88. The largest absolute Gasteiger partial charge is 0.317 e. The van der Waals surface area contributed by atoms with Gasteiger partial charge in [-0.2, -0.15) is 9.40 Å². The van der Waals surface area contributed by atoms with Crippen molar-refractivity contribution >= 4 is 10.0 Å². The Morgan fingerprint density at radius 2 is 2.00 bits per heavy atom. The van der Waals surface area contributed by atoms with Gasteiger partial charge in [0.1, 0.15) is 5.82 Å². The summed E-state index contributed by atoms with van der Waals surface area (Å²) in [5.41, 5.74) is 2.17. The highest BCUT2D eigenvalue weighted by atomic mass is 32.2. The average Bonchev–Trinajstić information content (AvgIpc) is 2.98. The molecule has 142 valence electrons. The molecule has 8 heteroatoms. The van der Waals surface area contributed by atoms with Crippen LogP contribution in [-0.4, -0.2) is 42.6 Å². The third-order valence-corrected chi connectivity index (χ3v) is 6.77. The fourth-order valence-corrected chi connectivity index (χ4v) is 4.49. The smallest absolute Gasteiger partial charge is 0.243 e. The third-order valence-electron chi connectivity index (χ3n) is 4.98. The van der Waals surface area contributed by atoms with Crippen LogP contribution in [0, 0.1) is 12.7 Å². The summed E-state index contributed by atoms with van der Waals surface area (Å²) in [5.74, 6) is 0.00251. The summed E-state index contributed by atoms with van der Waals surface area (Å²) in [5, 5.41) is 7.92. The first kappa shape index (κ1) is 19.0. The minimum Gasteiger partial charge on any atom is -0.317 e. The Bertz CT molecular complexity index is 889. The van der Waals surface area contributed by atoms with E-state index in [1.54, 1.807) is 11.6 Å². The molecule has 1 aromatic heterocycles. The number of aromatic nitrogens is 2. The van der Waals surface area contributed by atoms with Gasteiger partial charge in [-0.1, -0.05) is 0 Å². The molecule has 2 heterocycles. The summed E-state index contributed by atoms with van der Waals surface area (Å²) in [6.07, 6.45) is 2.08. The Labute approximate surface area is 154 Å². The average molecular weight is 380 g/mol. The van der Waals surface area contributed by atoms with Crippen LogP contribution in [0.2, 0.25) is 0 Å². The zero-order valence-electron chi connectivity index (χ0n) is 15.4. The van der Waals surface area contributed by atoms with Crippen molar-refractivity contribution in [2.24, 2.45) is 7.05 Å². The third kappa shape index (κ3) is 3.82. The molecule has 2 aromatic rings. The fourth-order valence-electron chi connectivity index (χ4n) is 3.27. The number of rotatable bonds is 5. The summed E-state index contributed by atoms with van der Waals surface area (Å²) < 4.78 is 42.0. The molecule has 0 bridgehead atoms. The van der Waals surface area contributed by atoms with Crippen LogP contribution in [0.1, 0.15) is 35.7 Å². The molecule has 1 saturated heterocycles. The van der Waals surface area contributed by atoms with E-state index in [-0.39, 0.29) is 11.4 Å². The van der Waals surface area contributed by atoms with E-state index in [4.69, 9.17) is 0 Å². The zero-order valence-corrected chi connectivity index (χ0v) is 16.2. The van der Waals surface area contributed by atoms with Crippen LogP contribution in [-0.2, 0) is 23.6 Å². The molecule has 1 N–H and O–H groups in total. The van der Waals surface area contributed by atoms with E-state index in [9.17, 15) is 12.8 Å². The number of aryl methyl sites for hydroxylation is 2. The quantitative estimate of drug-likeness (QED) is 0.863. The van der Waals surface area contributed by atoms with Crippen LogP contribution < -0.4 is 5.32 Å². The SMILES string of the molecule is Cc1cc(S(=O)(=O)N(C)Cc2cc(C3CCNCC3)nn2C)ccc1F. The number of halogens is 1. The predicted molar refractivity (Wildman–Crippen MR) is 97.8 cm³/mol. The Morgan fingerprint density at radius 1 is 1.31 bits per heavy atom. The van der Waals surface area contributed by atoms with Crippen LogP contribution in [0.4, 0.5) is 4.39 Å². The van der Waals surface area contributed by atoms with E-state index in [2.05, 4.69) is 10.4 Å². The van der Waals surface area contributed by atoms with Gasteiger partial charge in [-0.3, -0.25) is 4.68 Å². The fraction of sp³-hybridized carbons (Fsp3) is 0.500. The van der Waals surface area contributed by atoms with Gasteiger partial charge >= 0.3 is 0 Å². The van der Waals surface area contributed by atoms with Gasteiger partial charge in [-0.25, -0.2) is 12.8 Å². The lowest BCUT2D eigenvalue weighted by Crippen LogP contribution is -2.27. The van der Waals surface area contributed by atoms with E-state index in [0.717, 1.165) is 37.3 Å². The van der Waals surface area contributed by atoms with Gasteiger partial charge in [0, 0.05) is 20.0 Å². The Kier molecular flexibility index (Phi) is 5.45. The number of hydrogen-bond acceptors (Lipinski definition) is 4. The lowest BCUT2D eigenvalue weighted by atomic mass is 9.95. The van der Waals surface area contributed by atoms with Gasteiger partial charge in [0.2, 0.25) is 10.0 Å². The summed E-state index contributed by atoms with van der Waals surface area (Å²) >= 11 is 0. The highest BCUT2D eigenvalue weighted by molar-refractivity contribution is 7.89. The Balaban J connectivity index is 1.79. The summed E-state index contributed by atoms with van der Waals surface area (Å²) in [4.78, 5) is 0.0969. The maximum atomic E-state index is 13.4. The van der Waals surface area contributed by atoms with Crippen molar-refractivity contribution in [1.82, 2.24) is 19.4 Å². The van der Waals surface area contributed by atoms with E-state index < -0.39 is 15.8 Å². The van der Waals surface area contributed by atoms with Crippen LogP contribution in [0.15, 0.2) is 29.2 Å². The second-order valence-corrected chi connectivity index (χ2v) is 8.93. The number of benzene rings is 1. The standard InChI is InChI=1S/C18H25FN4O2S/c1-13-10-16(4-5-17(13)19)26(24,25)22(2)12-15-11-18(21-23(15)3)14-6-8-20-9-7-14/h4-5,10-11,14,20H,6-9,12H2,1-3H3.